The standard InChI is InChI=1S/C58H37NO/c1-2-13-47(14-3-1)59(48-28-22-39(23-29-48)43-26-32-51-45(35-43)21-19-41-11-6-7-15-50(41)51)49-30-24-40(25-31-49)44-27-33-52-55(36-44)54(46-20-18-38-10-4-5-12-42(38)34-46)37-57-58(52)53-16-8-9-17-56(53)60-57/h1-37H. The number of nitrogens with zero attached hydrogens (tertiary/aromatic N) is 1. The summed E-state index contributed by atoms with van der Waals surface area (Å²) in [7, 11) is 0. The van der Waals surface area contributed by atoms with E-state index in [0.717, 1.165) is 50.1 Å². The average Bonchev–Trinajstić information content (AvgIpc) is 3.70. The van der Waals surface area contributed by atoms with Crippen LogP contribution in [0.3, 0.4) is 0 Å². The van der Waals surface area contributed by atoms with Crippen LogP contribution in [0, 0.1) is 0 Å². The zero-order valence-electron chi connectivity index (χ0n) is 32.7. The zero-order chi connectivity index (χ0) is 39.6. The van der Waals surface area contributed by atoms with Crippen molar-refractivity contribution in [1.82, 2.24) is 0 Å². The van der Waals surface area contributed by atoms with Crippen LogP contribution in [-0.4, -0.2) is 0 Å². The van der Waals surface area contributed by atoms with Crippen molar-refractivity contribution in [1.29, 1.82) is 0 Å². The van der Waals surface area contributed by atoms with Gasteiger partial charge in [-0.25, -0.2) is 0 Å². The predicted molar refractivity (Wildman–Crippen MR) is 255 cm³/mol. The quantitative estimate of drug-likeness (QED) is 0.157. The summed E-state index contributed by atoms with van der Waals surface area (Å²) >= 11 is 0. The molecule has 0 unspecified atom stereocenters. The van der Waals surface area contributed by atoms with E-state index in [-0.39, 0.29) is 0 Å². The van der Waals surface area contributed by atoms with Crippen molar-refractivity contribution in [3.05, 3.63) is 224 Å². The number of rotatable bonds is 6. The van der Waals surface area contributed by atoms with Crippen LogP contribution in [0.15, 0.2) is 229 Å². The SMILES string of the molecule is c1ccc(N(c2ccc(-c3ccc4c(ccc5ccccc54)c3)cc2)c2ccc(-c3ccc4c(c3)c(-c3ccc5ccccc5c3)cc3oc5ccccc5c34)cc2)cc1. The largest absolute Gasteiger partial charge is 0.456 e. The first kappa shape index (κ1) is 34.1. The summed E-state index contributed by atoms with van der Waals surface area (Å²) in [4.78, 5) is 2.33. The van der Waals surface area contributed by atoms with E-state index in [0.29, 0.717) is 0 Å². The molecule has 280 valence electrons. The summed E-state index contributed by atoms with van der Waals surface area (Å²) in [5.41, 5.74) is 12.2. The number of benzene rings is 11. The Morgan fingerprint density at radius 1 is 0.267 bits per heavy atom. The lowest BCUT2D eigenvalue weighted by Crippen LogP contribution is -2.09. The highest BCUT2D eigenvalue weighted by Crippen LogP contribution is 2.43. The number of fused-ring (bicyclic) bond motifs is 9. The summed E-state index contributed by atoms with van der Waals surface area (Å²) in [5.74, 6) is 0. The van der Waals surface area contributed by atoms with Crippen LogP contribution in [0.4, 0.5) is 17.1 Å². The highest BCUT2D eigenvalue weighted by molar-refractivity contribution is 6.22. The molecular formula is C58H37NO. The fourth-order valence-corrected chi connectivity index (χ4v) is 9.24. The third-order valence-corrected chi connectivity index (χ3v) is 12.2. The molecule has 0 amide bonds. The smallest absolute Gasteiger partial charge is 0.136 e. The first-order valence-electron chi connectivity index (χ1n) is 20.6. The van der Waals surface area contributed by atoms with Gasteiger partial charge in [0.15, 0.2) is 0 Å². The summed E-state index contributed by atoms with van der Waals surface area (Å²) in [6, 6.07) is 81.3. The van der Waals surface area contributed by atoms with Gasteiger partial charge in [-0.1, -0.05) is 158 Å². The molecule has 1 aromatic heterocycles. The lowest BCUT2D eigenvalue weighted by molar-refractivity contribution is 0.669. The van der Waals surface area contributed by atoms with Crippen molar-refractivity contribution < 1.29 is 4.42 Å². The Hall–Kier alpha value is -7.94. The van der Waals surface area contributed by atoms with Crippen molar-refractivity contribution >= 4 is 82.1 Å². The minimum Gasteiger partial charge on any atom is -0.456 e. The molecule has 0 N–H and O–H groups in total. The third-order valence-electron chi connectivity index (χ3n) is 12.2. The Morgan fingerprint density at radius 2 is 0.783 bits per heavy atom. The fraction of sp³-hybridized carbons (Fsp3) is 0. The van der Waals surface area contributed by atoms with E-state index in [1.807, 2.05) is 6.07 Å². The van der Waals surface area contributed by atoms with Crippen molar-refractivity contribution in [2.75, 3.05) is 4.90 Å². The second kappa shape index (κ2) is 13.9. The molecule has 0 aliphatic heterocycles. The lowest BCUT2D eigenvalue weighted by atomic mass is 9.91. The molecule has 0 saturated carbocycles. The Balaban J connectivity index is 0.928. The van der Waals surface area contributed by atoms with E-state index in [2.05, 4.69) is 223 Å². The molecule has 0 radical (unpaired) electrons. The van der Waals surface area contributed by atoms with E-state index < -0.39 is 0 Å². The van der Waals surface area contributed by atoms with Gasteiger partial charge in [-0.3, -0.25) is 0 Å². The Kier molecular flexibility index (Phi) is 7.89. The summed E-state index contributed by atoms with van der Waals surface area (Å²) < 4.78 is 6.49. The molecule has 12 rings (SSSR count). The summed E-state index contributed by atoms with van der Waals surface area (Å²) in [6.45, 7) is 0. The maximum absolute atomic E-state index is 6.49. The van der Waals surface area contributed by atoms with Gasteiger partial charge in [0.1, 0.15) is 11.2 Å². The number of anilines is 3. The lowest BCUT2D eigenvalue weighted by Gasteiger charge is -2.26. The molecule has 0 bridgehead atoms. The summed E-state index contributed by atoms with van der Waals surface area (Å²) in [5, 5.41) is 12.2. The minimum atomic E-state index is 0.906. The van der Waals surface area contributed by atoms with Crippen molar-refractivity contribution in [3.8, 4) is 33.4 Å². The molecule has 2 heteroatoms. The molecule has 2 nitrogen and oxygen atoms in total. The van der Waals surface area contributed by atoms with Gasteiger partial charge >= 0.3 is 0 Å². The van der Waals surface area contributed by atoms with E-state index in [1.54, 1.807) is 0 Å². The molecule has 0 spiro atoms. The molecule has 0 aliphatic carbocycles. The van der Waals surface area contributed by atoms with Gasteiger partial charge in [0.2, 0.25) is 0 Å². The molecule has 1 heterocycles. The van der Waals surface area contributed by atoms with Gasteiger partial charge in [0.05, 0.1) is 0 Å². The first-order valence-corrected chi connectivity index (χ1v) is 20.6. The van der Waals surface area contributed by atoms with Crippen LogP contribution >= 0.6 is 0 Å². The summed E-state index contributed by atoms with van der Waals surface area (Å²) in [6.07, 6.45) is 0. The highest BCUT2D eigenvalue weighted by atomic mass is 16.3. The number of furan rings is 1. The maximum atomic E-state index is 6.49. The minimum absolute atomic E-state index is 0.906. The van der Waals surface area contributed by atoms with Gasteiger partial charge in [0, 0.05) is 27.8 Å². The van der Waals surface area contributed by atoms with Crippen LogP contribution in [0.2, 0.25) is 0 Å². The van der Waals surface area contributed by atoms with Crippen LogP contribution in [0.25, 0.3) is 98.4 Å². The topological polar surface area (TPSA) is 16.4 Å². The van der Waals surface area contributed by atoms with Gasteiger partial charge < -0.3 is 9.32 Å². The molecule has 0 saturated heterocycles. The average molecular weight is 764 g/mol. The maximum Gasteiger partial charge on any atom is 0.136 e. The normalized spacial score (nSPS) is 11.7. The Bertz CT molecular complexity index is 3580. The molecule has 0 aliphatic rings. The first-order chi connectivity index (χ1) is 29.7. The molecule has 60 heavy (non-hydrogen) atoms. The Labute approximate surface area is 347 Å². The molecule has 11 aromatic carbocycles. The third kappa shape index (κ3) is 5.73. The predicted octanol–water partition coefficient (Wildman–Crippen LogP) is 16.7. The van der Waals surface area contributed by atoms with Crippen LogP contribution in [0.5, 0.6) is 0 Å². The Morgan fingerprint density at radius 3 is 1.55 bits per heavy atom. The fourth-order valence-electron chi connectivity index (χ4n) is 9.24. The van der Waals surface area contributed by atoms with Gasteiger partial charge in [-0.15, -0.1) is 0 Å². The second-order valence-electron chi connectivity index (χ2n) is 15.7. The van der Waals surface area contributed by atoms with Gasteiger partial charge in [-0.05, 0) is 143 Å². The molecule has 0 fully saturated rings. The van der Waals surface area contributed by atoms with E-state index in [4.69, 9.17) is 4.42 Å². The van der Waals surface area contributed by atoms with E-state index >= 15 is 0 Å². The van der Waals surface area contributed by atoms with Crippen molar-refractivity contribution in [2.45, 2.75) is 0 Å². The van der Waals surface area contributed by atoms with Crippen LogP contribution in [-0.2, 0) is 0 Å². The number of hydrogen-bond donors (Lipinski definition) is 0. The number of para-hydroxylation sites is 2. The van der Waals surface area contributed by atoms with Crippen molar-refractivity contribution in [2.24, 2.45) is 0 Å². The molecular weight excluding hydrogens is 727 g/mol. The number of hydrogen-bond acceptors (Lipinski definition) is 2. The van der Waals surface area contributed by atoms with Gasteiger partial charge in [0.25, 0.3) is 0 Å². The van der Waals surface area contributed by atoms with Crippen LogP contribution in [0.1, 0.15) is 0 Å². The molecule has 12 aromatic rings. The van der Waals surface area contributed by atoms with E-state index in [9.17, 15) is 0 Å². The zero-order valence-corrected chi connectivity index (χ0v) is 32.7. The second-order valence-corrected chi connectivity index (χ2v) is 15.7. The van der Waals surface area contributed by atoms with Crippen molar-refractivity contribution in [3.63, 3.8) is 0 Å². The van der Waals surface area contributed by atoms with E-state index in [1.165, 1.54) is 65.3 Å². The van der Waals surface area contributed by atoms with Crippen LogP contribution < -0.4 is 4.90 Å². The monoisotopic (exact) mass is 763 g/mol. The van der Waals surface area contributed by atoms with Gasteiger partial charge in [-0.2, -0.15) is 0 Å². The molecule has 0 atom stereocenters. The highest BCUT2D eigenvalue weighted by Gasteiger charge is 2.18.